The third kappa shape index (κ3) is 3.47. The molecule has 0 aliphatic rings. The summed E-state index contributed by atoms with van der Waals surface area (Å²) in [4.78, 5) is 27.3. The zero-order chi connectivity index (χ0) is 18.8. The lowest BCUT2D eigenvalue weighted by Gasteiger charge is -2.21. The van der Waals surface area contributed by atoms with Crippen LogP contribution in [0.15, 0.2) is 48.5 Å². The van der Waals surface area contributed by atoms with E-state index in [1.165, 1.54) is 16.9 Å². The number of halogens is 2. The summed E-state index contributed by atoms with van der Waals surface area (Å²) in [5.41, 5.74) is 1.67. The maximum atomic E-state index is 13.1. The van der Waals surface area contributed by atoms with Gasteiger partial charge in [-0.15, -0.1) is 9.89 Å². The van der Waals surface area contributed by atoms with Crippen LogP contribution in [0.2, 0.25) is 10.0 Å². The molecule has 6 nitrogen and oxygen atoms in total. The smallest absolute Gasteiger partial charge is 0.267 e. The molecule has 0 saturated carbocycles. The molecular weight excluding hydrogens is 375 g/mol. The van der Waals surface area contributed by atoms with Gasteiger partial charge in [0.15, 0.2) is 0 Å². The summed E-state index contributed by atoms with van der Waals surface area (Å²) in [6.45, 7) is 3.46. The Hall–Kier alpha value is -2.70. The molecule has 1 heterocycles. The molecule has 0 atom stereocenters. The number of nitrogens with zero attached hydrogens (tertiary/aromatic N) is 4. The maximum Gasteiger partial charge on any atom is 0.281 e. The Morgan fingerprint density at radius 3 is 1.81 bits per heavy atom. The molecule has 0 N–H and O–H groups in total. The van der Waals surface area contributed by atoms with Crippen LogP contribution in [-0.2, 0) is 0 Å². The summed E-state index contributed by atoms with van der Waals surface area (Å²) in [6, 6.07) is 12.7. The van der Waals surface area contributed by atoms with Crippen molar-refractivity contribution in [3.63, 3.8) is 0 Å². The number of benzene rings is 2. The number of hydrogen-bond acceptors (Lipinski definition) is 4. The van der Waals surface area contributed by atoms with Crippen molar-refractivity contribution in [2.24, 2.45) is 0 Å². The van der Waals surface area contributed by atoms with Crippen molar-refractivity contribution in [1.29, 1.82) is 0 Å². The summed E-state index contributed by atoms with van der Waals surface area (Å²) in [7, 11) is 0. The van der Waals surface area contributed by atoms with E-state index in [0.717, 1.165) is 5.01 Å². The second-order valence-electron chi connectivity index (χ2n) is 5.59. The van der Waals surface area contributed by atoms with Crippen molar-refractivity contribution in [3.8, 4) is 0 Å². The first-order valence-corrected chi connectivity index (χ1v) is 8.43. The minimum Gasteiger partial charge on any atom is -0.267 e. The lowest BCUT2D eigenvalue weighted by molar-refractivity contribution is 0.0846. The predicted molar refractivity (Wildman–Crippen MR) is 99.3 cm³/mol. The van der Waals surface area contributed by atoms with Crippen molar-refractivity contribution in [2.75, 3.05) is 5.01 Å². The zero-order valence-corrected chi connectivity index (χ0v) is 15.5. The number of aryl methyl sites for hydroxylation is 1. The maximum absolute atomic E-state index is 13.1. The van der Waals surface area contributed by atoms with Gasteiger partial charge >= 0.3 is 0 Å². The van der Waals surface area contributed by atoms with E-state index >= 15 is 0 Å². The van der Waals surface area contributed by atoms with Crippen LogP contribution in [0.25, 0.3) is 0 Å². The Bertz CT molecular complexity index is 943. The third-order valence-electron chi connectivity index (χ3n) is 3.82. The van der Waals surface area contributed by atoms with E-state index in [4.69, 9.17) is 23.2 Å². The molecule has 1 aromatic heterocycles. The van der Waals surface area contributed by atoms with E-state index in [-0.39, 0.29) is 11.1 Å². The minimum absolute atomic E-state index is 0.250. The van der Waals surface area contributed by atoms with Crippen molar-refractivity contribution < 1.29 is 9.59 Å². The van der Waals surface area contributed by atoms with E-state index in [9.17, 15) is 9.59 Å². The number of amides is 2. The molecule has 132 valence electrons. The molecule has 2 aromatic carbocycles. The Kier molecular flexibility index (Phi) is 5.06. The Morgan fingerprint density at radius 1 is 0.923 bits per heavy atom. The number of aromatic nitrogens is 3. The van der Waals surface area contributed by atoms with Crippen LogP contribution < -0.4 is 5.01 Å². The van der Waals surface area contributed by atoms with Crippen LogP contribution in [0.4, 0.5) is 0 Å². The van der Waals surface area contributed by atoms with Crippen LogP contribution >= 0.6 is 23.2 Å². The molecule has 3 rings (SSSR count). The van der Waals surface area contributed by atoms with E-state index in [2.05, 4.69) is 10.3 Å². The second kappa shape index (κ2) is 7.27. The number of carbonyl (C=O) groups excluding carboxylic acids is 2. The molecule has 0 aliphatic heterocycles. The molecule has 0 unspecified atom stereocenters. The van der Waals surface area contributed by atoms with Crippen molar-refractivity contribution >= 4 is 35.0 Å². The van der Waals surface area contributed by atoms with Gasteiger partial charge in [-0.2, -0.15) is 5.01 Å². The van der Waals surface area contributed by atoms with Gasteiger partial charge in [0.05, 0.1) is 11.4 Å². The highest BCUT2D eigenvalue weighted by Gasteiger charge is 2.29. The summed E-state index contributed by atoms with van der Waals surface area (Å²) < 4.78 is 0. The van der Waals surface area contributed by atoms with Crippen LogP contribution in [-0.4, -0.2) is 26.9 Å². The summed E-state index contributed by atoms with van der Waals surface area (Å²) >= 11 is 12.0. The Labute approximate surface area is 159 Å². The van der Waals surface area contributed by atoms with Crippen LogP contribution in [0, 0.1) is 13.8 Å². The predicted octanol–water partition coefficient (Wildman–Crippen LogP) is 3.82. The number of hydrogen-bond donors (Lipinski definition) is 0. The van der Waals surface area contributed by atoms with Crippen LogP contribution in [0.1, 0.15) is 32.1 Å². The van der Waals surface area contributed by atoms with E-state index in [1.54, 1.807) is 50.2 Å². The summed E-state index contributed by atoms with van der Waals surface area (Å²) in [6.07, 6.45) is 0. The molecule has 3 aromatic rings. The van der Waals surface area contributed by atoms with Crippen LogP contribution in [0.3, 0.4) is 0 Å². The molecule has 26 heavy (non-hydrogen) atoms. The summed E-state index contributed by atoms with van der Waals surface area (Å²) in [5.74, 6) is -1.16. The lowest BCUT2D eigenvalue weighted by atomic mass is 10.1. The highest BCUT2D eigenvalue weighted by Crippen LogP contribution is 2.17. The first-order chi connectivity index (χ1) is 12.4. The third-order valence-corrected chi connectivity index (χ3v) is 4.29. The van der Waals surface area contributed by atoms with Gasteiger partial charge < -0.3 is 0 Å². The molecule has 0 aliphatic carbocycles. The topological polar surface area (TPSA) is 68.1 Å². The monoisotopic (exact) mass is 388 g/mol. The molecule has 0 saturated heterocycles. The molecular formula is C18H14Cl2N4O2. The Balaban J connectivity index is 2.12. The molecule has 0 fully saturated rings. The largest absolute Gasteiger partial charge is 0.281 e. The van der Waals surface area contributed by atoms with Gasteiger partial charge in [-0.1, -0.05) is 35.3 Å². The molecule has 8 heteroatoms. The molecule has 0 bridgehead atoms. The number of carbonyl (C=O) groups is 2. The van der Waals surface area contributed by atoms with E-state index < -0.39 is 11.8 Å². The van der Waals surface area contributed by atoms with Gasteiger partial charge in [-0.25, -0.2) is 0 Å². The quantitative estimate of drug-likeness (QED) is 0.639. The van der Waals surface area contributed by atoms with Gasteiger partial charge in [0.25, 0.3) is 11.8 Å². The minimum atomic E-state index is -0.578. The fourth-order valence-electron chi connectivity index (χ4n) is 2.34. The normalized spacial score (nSPS) is 10.6. The van der Waals surface area contributed by atoms with Crippen molar-refractivity contribution in [3.05, 3.63) is 81.1 Å². The highest BCUT2D eigenvalue weighted by atomic mass is 35.5. The second-order valence-corrected chi connectivity index (χ2v) is 6.47. The molecule has 2 amide bonds. The zero-order valence-electron chi connectivity index (χ0n) is 14.0. The van der Waals surface area contributed by atoms with Gasteiger partial charge in [-0.05, 0) is 55.5 Å². The number of imide groups is 1. The fourth-order valence-corrected chi connectivity index (χ4v) is 2.72. The van der Waals surface area contributed by atoms with E-state index in [1.807, 2.05) is 0 Å². The van der Waals surface area contributed by atoms with Gasteiger partial charge in [0.1, 0.15) is 0 Å². The molecule has 0 spiro atoms. The van der Waals surface area contributed by atoms with E-state index in [0.29, 0.717) is 21.4 Å². The van der Waals surface area contributed by atoms with Gasteiger partial charge in [0, 0.05) is 21.2 Å². The SMILES string of the molecule is Cc1nnn(N(C(=O)c2cccc(Cl)c2)C(=O)c2cccc(Cl)c2)c1C. The highest BCUT2D eigenvalue weighted by molar-refractivity contribution is 6.32. The van der Waals surface area contributed by atoms with Crippen molar-refractivity contribution in [2.45, 2.75) is 13.8 Å². The standard InChI is InChI=1S/C18H14Cl2N4O2/c1-11-12(2)24(22-21-11)23(17(25)13-5-3-7-15(19)9-13)18(26)14-6-4-8-16(20)10-14/h3-10H,1-2H3. The first-order valence-electron chi connectivity index (χ1n) is 7.67. The first kappa shape index (κ1) is 18.1. The van der Waals surface area contributed by atoms with Crippen molar-refractivity contribution in [1.82, 2.24) is 15.1 Å². The van der Waals surface area contributed by atoms with Gasteiger partial charge in [0.2, 0.25) is 0 Å². The number of rotatable bonds is 3. The fraction of sp³-hybridized carbons (Fsp3) is 0.111. The average molecular weight is 389 g/mol. The summed E-state index contributed by atoms with van der Waals surface area (Å²) in [5, 5.41) is 9.57. The van der Waals surface area contributed by atoms with Gasteiger partial charge in [-0.3, -0.25) is 9.59 Å². The lowest BCUT2D eigenvalue weighted by Crippen LogP contribution is -2.46. The Morgan fingerprint density at radius 2 is 1.42 bits per heavy atom. The average Bonchev–Trinajstić information content (AvgIpc) is 2.94. The van der Waals surface area contributed by atoms with Crippen LogP contribution in [0.5, 0.6) is 0 Å². The molecule has 0 radical (unpaired) electrons.